The lowest BCUT2D eigenvalue weighted by Crippen LogP contribution is -2.59. The van der Waals surface area contributed by atoms with E-state index in [1.54, 1.807) is 0 Å². The van der Waals surface area contributed by atoms with Crippen molar-refractivity contribution in [3.05, 3.63) is 0 Å². The van der Waals surface area contributed by atoms with Crippen molar-refractivity contribution < 1.29 is 0 Å². The van der Waals surface area contributed by atoms with Gasteiger partial charge in [0.1, 0.15) is 0 Å². The Morgan fingerprint density at radius 3 is 2.24 bits per heavy atom. The van der Waals surface area contributed by atoms with E-state index in [1.807, 2.05) is 0 Å². The molecule has 2 heteroatoms. The SMILES string of the molecule is CC(C)(C)C1CNCCN1C1CCCCCC1. The second kappa shape index (κ2) is 5.71. The van der Waals surface area contributed by atoms with Crippen molar-refractivity contribution in [1.82, 2.24) is 10.2 Å². The van der Waals surface area contributed by atoms with Crippen LogP contribution in [-0.2, 0) is 0 Å². The van der Waals surface area contributed by atoms with Gasteiger partial charge in [0, 0.05) is 31.7 Å². The van der Waals surface area contributed by atoms with Crippen LogP contribution in [-0.4, -0.2) is 36.6 Å². The molecule has 2 aliphatic rings. The van der Waals surface area contributed by atoms with Gasteiger partial charge in [0.15, 0.2) is 0 Å². The molecule has 0 spiro atoms. The van der Waals surface area contributed by atoms with Gasteiger partial charge in [-0.15, -0.1) is 0 Å². The van der Waals surface area contributed by atoms with E-state index in [2.05, 4.69) is 31.0 Å². The molecule has 2 rings (SSSR count). The smallest absolute Gasteiger partial charge is 0.0272 e. The van der Waals surface area contributed by atoms with Crippen LogP contribution in [0.1, 0.15) is 59.3 Å². The molecule has 100 valence electrons. The van der Waals surface area contributed by atoms with Crippen LogP contribution < -0.4 is 5.32 Å². The lowest BCUT2D eigenvalue weighted by atomic mass is 9.83. The summed E-state index contributed by atoms with van der Waals surface area (Å²) in [6, 6.07) is 1.59. The Kier molecular flexibility index (Phi) is 4.48. The van der Waals surface area contributed by atoms with Crippen molar-refractivity contribution in [2.45, 2.75) is 71.4 Å². The highest BCUT2D eigenvalue weighted by molar-refractivity contribution is 4.92. The number of nitrogens with one attached hydrogen (secondary N) is 1. The molecule has 1 aliphatic heterocycles. The molecule has 17 heavy (non-hydrogen) atoms. The van der Waals surface area contributed by atoms with E-state index in [-0.39, 0.29) is 0 Å². The van der Waals surface area contributed by atoms with Crippen LogP contribution in [0.2, 0.25) is 0 Å². The summed E-state index contributed by atoms with van der Waals surface area (Å²) in [5.74, 6) is 0. The normalized spacial score (nSPS) is 30.2. The second-order valence-corrected chi connectivity index (χ2v) is 6.97. The molecule has 2 fully saturated rings. The lowest BCUT2D eigenvalue weighted by molar-refractivity contribution is 0.0318. The molecule has 0 amide bonds. The van der Waals surface area contributed by atoms with Crippen LogP contribution in [0.15, 0.2) is 0 Å². The van der Waals surface area contributed by atoms with Gasteiger partial charge in [0.05, 0.1) is 0 Å². The quantitative estimate of drug-likeness (QED) is 0.706. The minimum absolute atomic E-state index is 0.403. The minimum Gasteiger partial charge on any atom is -0.314 e. The van der Waals surface area contributed by atoms with E-state index >= 15 is 0 Å². The Morgan fingerprint density at radius 2 is 1.65 bits per heavy atom. The summed E-state index contributed by atoms with van der Waals surface area (Å²) in [7, 11) is 0. The average Bonchev–Trinajstić information content (AvgIpc) is 2.56. The number of piperazine rings is 1. The van der Waals surface area contributed by atoms with Crippen LogP contribution in [0.4, 0.5) is 0 Å². The van der Waals surface area contributed by atoms with Crippen molar-refractivity contribution in [2.75, 3.05) is 19.6 Å². The first-order valence-corrected chi connectivity index (χ1v) is 7.55. The molecule has 1 aliphatic carbocycles. The van der Waals surface area contributed by atoms with Crippen molar-refractivity contribution in [3.8, 4) is 0 Å². The van der Waals surface area contributed by atoms with Gasteiger partial charge in [-0.05, 0) is 18.3 Å². The zero-order valence-electron chi connectivity index (χ0n) is 12.0. The zero-order valence-corrected chi connectivity index (χ0v) is 12.0. The molecule has 1 heterocycles. The number of hydrogen-bond acceptors (Lipinski definition) is 2. The summed E-state index contributed by atoms with van der Waals surface area (Å²) in [6.45, 7) is 10.8. The van der Waals surface area contributed by atoms with Crippen molar-refractivity contribution in [2.24, 2.45) is 5.41 Å². The summed E-state index contributed by atoms with van der Waals surface area (Å²) in [6.07, 6.45) is 8.70. The molecule has 1 unspecified atom stereocenters. The van der Waals surface area contributed by atoms with Gasteiger partial charge >= 0.3 is 0 Å². The largest absolute Gasteiger partial charge is 0.314 e. The van der Waals surface area contributed by atoms with E-state index in [0.29, 0.717) is 5.41 Å². The molecule has 0 aromatic heterocycles. The van der Waals surface area contributed by atoms with Crippen LogP contribution >= 0.6 is 0 Å². The maximum absolute atomic E-state index is 3.58. The zero-order chi connectivity index (χ0) is 12.3. The summed E-state index contributed by atoms with van der Waals surface area (Å²) in [4.78, 5) is 2.84. The van der Waals surface area contributed by atoms with E-state index in [4.69, 9.17) is 0 Å². The molecule has 1 saturated heterocycles. The molecule has 2 nitrogen and oxygen atoms in total. The topological polar surface area (TPSA) is 15.3 Å². The Labute approximate surface area is 107 Å². The Morgan fingerprint density at radius 1 is 1.00 bits per heavy atom. The van der Waals surface area contributed by atoms with Gasteiger partial charge < -0.3 is 5.32 Å². The van der Waals surface area contributed by atoms with Gasteiger partial charge in [-0.1, -0.05) is 46.5 Å². The first-order chi connectivity index (χ1) is 8.09. The van der Waals surface area contributed by atoms with E-state index in [9.17, 15) is 0 Å². The van der Waals surface area contributed by atoms with E-state index in [0.717, 1.165) is 12.1 Å². The molecule has 0 aromatic rings. The highest BCUT2D eigenvalue weighted by Gasteiger charge is 2.35. The first-order valence-electron chi connectivity index (χ1n) is 7.55. The third-order valence-electron chi connectivity index (χ3n) is 4.58. The molecule has 1 N–H and O–H groups in total. The molecule has 0 radical (unpaired) electrons. The predicted octanol–water partition coefficient (Wildman–Crippen LogP) is 3.03. The van der Waals surface area contributed by atoms with Gasteiger partial charge in [0.2, 0.25) is 0 Å². The third kappa shape index (κ3) is 3.45. The number of hydrogen-bond donors (Lipinski definition) is 1. The Bertz CT molecular complexity index is 224. The van der Waals surface area contributed by atoms with Crippen molar-refractivity contribution in [3.63, 3.8) is 0 Å². The molecule has 0 bridgehead atoms. The maximum atomic E-state index is 3.58. The maximum Gasteiger partial charge on any atom is 0.0272 e. The van der Waals surface area contributed by atoms with Gasteiger partial charge in [-0.2, -0.15) is 0 Å². The standard InChI is InChI=1S/C15H30N2/c1-15(2,3)14-12-16-10-11-17(14)13-8-6-4-5-7-9-13/h13-14,16H,4-12H2,1-3H3. The fraction of sp³-hybridized carbons (Fsp3) is 1.00. The molecular formula is C15H30N2. The number of nitrogens with zero attached hydrogens (tertiary/aromatic N) is 1. The molecular weight excluding hydrogens is 208 g/mol. The van der Waals surface area contributed by atoms with Gasteiger partial charge in [-0.3, -0.25) is 4.90 Å². The third-order valence-corrected chi connectivity index (χ3v) is 4.58. The summed E-state index contributed by atoms with van der Waals surface area (Å²) in [5.41, 5.74) is 0.403. The summed E-state index contributed by atoms with van der Waals surface area (Å²) < 4.78 is 0. The fourth-order valence-corrected chi connectivity index (χ4v) is 3.55. The van der Waals surface area contributed by atoms with E-state index in [1.165, 1.54) is 58.2 Å². The first kappa shape index (κ1) is 13.4. The highest BCUT2D eigenvalue weighted by Crippen LogP contribution is 2.31. The monoisotopic (exact) mass is 238 g/mol. The minimum atomic E-state index is 0.403. The van der Waals surface area contributed by atoms with Crippen molar-refractivity contribution in [1.29, 1.82) is 0 Å². The summed E-state index contributed by atoms with van der Waals surface area (Å²) in [5, 5.41) is 3.58. The number of rotatable bonds is 1. The fourth-order valence-electron chi connectivity index (χ4n) is 3.55. The lowest BCUT2D eigenvalue weighted by Gasteiger charge is -2.47. The van der Waals surface area contributed by atoms with E-state index < -0.39 is 0 Å². The highest BCUT2D eigenvalue weighted by atomic mass is 15.2. The molecule has 1 saturated carbocycles. The van der Waals surface area contributed by atoms with Crippen LogP contribution in [0.3, 0.4) is 0 Å². The summed E-state index contributed by atoms with van der Waals surface area (Å²) >= 11 is 0. The average molecular weight is 238 g/mol. The Balaban J connectivity index is 2.04. The Hall–Kier alpha value is -0.0800. The van der Waals surface area contributed by atoms with Crippen molar-refractivity contribution >= 4 is 0 Å². The van der Waals surface area contributed by atoms with Gasteiger partial charge in [0.25, 0.3) is 0 Å². The van der Waals surface area contributed by atoms with Crippen LogP contribution in [0, 0.1) is 5.41 Å². The van der Waals surface area contributed by atoms with Gasteiger partial charge in [-0.25, -0.2) is 0 Å². The molecule has 1 atom stereocenters. The molecule has 0 aromatic carbocycles. The predicted molar refractivity (Wildman–Crippen MR) is 74.3 cm³/mol. The second-order valence-electron chi connectivity index (χ2n) is 6.97. The van der Waals surface area contributed by atoms with Crippen LogP contribution in [0.25, 0.3) is 0 Å². The van der Waals surface area contributed by atoms with Crippen LogP contribution in [0.5, 0.6) is 0 Å².